The number of fused-ring (bicyclic) bond motifs is 1. The Bertz CT molecular complexity index is 1330. The van der Waals surface area contributed by atoms with Crippen LogP contribution in [0.1, 0.15) is 42.9 Å². The predicted molar refractivity (Wildman–Crippen MR) is 114 cm³/mol. The van der Waals surface area contributed by atoms with Gasteiger partial charge in [-0.15, -0.1) is 0 Å². The Morgan fingerprint density at radius 2 is 1.81 bits per heavy atom. The van der Waals surface area contributed by atoms with Gasteiger partial charge in [0.25, 0.3) is 5.56 Å². The van der Waals surface area contributed by atoms with Gasteiger partial charge < -0.3 is 9.30 Å². The summed E-state index contributed by atoms with van der Waals surface area (Å²) in [6.07, 6.45) is 2.69. The van der Waals surface area contributed by atoms with Crippen LogP contribution in [0.4, 0.5) is 0 Å². The van der Waals surface area contributed by atoms with Crippen molar-refractivity contribution in [2.45, 2.75) is 51.3 Å². The number of imidazole rings is 1. The van der Waals surface area contributed by atoms with E-state index in [0.717, 1.165) is 19.1 Å². The second-order valence-corrected chi connectivity index (χ2v) is 9.10. The van der Waals surface area contributed by atoms with Crippen molar-refractivity contribution in [3.8, 4) is 0 Å². The average molecular weight is 449 g/mol. The van der Waals surface area contributed by atoms with Crippen LogP contribution in [0.3, 0.4) is 0 Å². The van der Waals surface area contributed by atoms with Crippen LogP contribution in [0.15, 0.2) is 38.8 Å². The average Bonchev–Trinajstić information content (AvgIpc) is 3.10. The number of hydrogen-bond donors (Lipinski definition) is 1. The van der Waals surface area contributed by atoms with E-state index in [1.165, 1.54) is 28.8 Å². The molecule has 2 aromatic heterocycles. The molecule has 0 aliphatic carbocycles. The van der Waals surface area contributed by atoms with Crippen molar-refractivity contribution < 1.29 is 17.9 Å². The molecule has 2 heterocycles. The van der Waals surface area contributed by atoms with E-state index in [0.29, 0.717) is 18.9 Å². The monoisotopic (exact) mass is 448 g/mol. The van der Waals surface area contributed by atoms with E-state index in [1.54, 1.807) is 4.57 Å². The van der Waals surface area contributed by atoms with Crippen LogP contribution in [0.2, 0.25) is 0 Å². The van der Waals surface area contributed by atoms with Crippen LogP contribution in [-0.2, 0) is 34.3 Å². The molecule has 0 fully saturated rings. The number of aryl methyl sites for hydroxylation is 2. The smallest absolute Gasteiger partial charge is 0.338 e. The summed E-state index contributed by atoms with van der Waals surface area (Å²) < 4.78 is 31.4. The van der Waals surface area contributed by atoms with Gasteiger partial charge in [-0.2, -0.15) is 0 Å². The summed E-state index contributed by atoms with van der Waals surface area (Å²) in [6, 6.07) is 5.40. The van der Waals surface area contributed by atoms with E-state index >= 15 is 0 Å². The van der Waals surface area contributed by atoms with E-state index in [2.05, 4.69) is 9.97 Å². The standard InChI is InChI=1S/C20H24N4O6S/c1-4-6-11-24-17-16(18(25)22-20(24)27)23(5-2)15(21-17)12-30-19(26)13-7-9-14(10-8-13)31(3,28)29/h7-10H,4-6,11-12H2,1-3H3,(H,22,25,27). The second-order valence-electron chi connectivity index (χ2n) is 7.08. The van der Waals surface area contributed by atoms with E-state index in [9.17, 15) is 22.8 Å². The number of H-pyrrole nitrogens is 1. The molecule has 0 saturated carbocycles. The molecule has 0 amide bonds. The van der Waals surface area contributed by atoms with Gasteiger partial charge in [0.1, 0.15) is 12.4 Å². The number of unbranched alkanes of at least 4 members (excludes halogenated alkanes) is 1. The lowest BCUT2D eigenvalue weighted by molar-refractivity contribution is 0.0458. The zero-order chi connectivity index (χ0) is 22.8. The van der Waals surface area contributed by atoms with Gasteiger partial charge in [-0.25, -0.2) is 23.0 Å². The van der Waals surface area contributed by atoms with Gasteiger partial charge >= 0.3 is 11.7 Å². The number of aromatic nitrogens is 4. The molecule has 0 atom stereocenters. The van der Waals surface area contributed by atoms with Crippen molar-refractivity contribution in [3.63, 3.8) is 0 Å². The van der Waals surface area contributed by atoms with Gasteiger partial charge in [-0.05, 0) is 37.6 Å². The molecule has 0 spiro atoms. The number of nitrogens with one attached hydrogen (secondary N) is 1. The molecule has 0 aliphatic heterocycles. The molecule has 0 bridgehead atoms. The van der Waals surface area contributed by atoms with E-state index in [1.807, 2.05) is 13.8 Å². The van der Waals surface area contributed by atoms with Crippen molar-refractivity contribution in [2.75, 3.05) is 6.26 Å². The molecule has 0 saturated heterocycles. The fourth-order valence-corrected chi connectivity index (χ4v) is 3.87. The lowest BCUT2D eigenvalue weighted by Crippen LogP contribution is -2.31. The number of benzene rings is 1. The highest BCUT2D eigenvalue weighted by Gasteiger charge is 2.19. The number of aromatic amines is 1. The van der Waals surface area contributed by atoms with Crippen molar-refractivity contribution >= 4 is 27.0 Å². The number of ether oxygens (including phenoxy) is 1. The Balaban J connectivity index is 1.91. The molecule has 166 valence electrons. The van der Waals surface area contributed by atoms with E-state index in [4.69, 9.17) is 4.74 Å². The van der Waals surface area contributed by atoms with Gasteiger partial charge in [0.2, 0.25) is 0 Å². The fourth-order valence-electron chi connectivity index (χ4n) is 3.24. The summed E-state index contributed by atoms with van der Waals surface area (Å²) in [5.74, 6) is -0.327. The van der Waals surface area contributed by atoms with E-state index < -0.39 is 27.1 Å². The third-order valence-corrected chi connectivity index (χ3v) is 6.00. The number of carbonyl (C=O) groups is 1. The second kappa shape index (κ2) is 8.88. The molecule has 1 N–H and O–H groups in total. The quantitative estimate of drug-likeness (QED) is 0.516. The molecule has 3 aromatic rings. The van der Waals surface area contributed by atoms with Gasteiger partial charge in [0, 0.05) is 19.3 Å². The SMILES string of the molecule is CCCCn1c(=O)[nH]c(=O)c2c1nc(COC(=O)c1ccc(S(C)(=O)=O)cc1)n2CC. The summed E-state index contributed by atoms with van der Waals surface area (Å²) >= 11 is 0. The minimum absolute atomic E-state index is 0.0982. The maximum Gasteiger partial charge on any atom is 0.338 e. The largest absolute Gasteiger partial charge is 0.454 e. The summed E-state index contributed by atoms with van der Waals surface area (Å²) in [6.45, 7) is 4.40. The van der Waals surface area contributed by atoms with Crippen LogP contribution < -0.4 is 11.2 Å². The first-order valence-electron chi connectivity index (χ1n) is 9.86. The highest BCUT2D eigenvalue weighted by molar-refractivity contribution is 7.90. The summed E-state index contributed by atoms with van der Waals surface area (Å²) in [4.78, 5) is 43.9. The molecule has 1 aromatic carbocycles. The Labute approximate surface area is 178 Å². The molecule has 0 unspecified atom stereocenters. The number of sulfone groups is 1. The van der Waals surface area contributed by atoms with Gasteiger partial charge in [-0.3, -0.25) is 14.3 Å². The van der Waals surface area contributed by atoms with E-state index in [-0.39, 0.29) is 28.2 Å². The molecular weight excluding hydrogens is 424 g/mol. The maximum atomic E-state index is 12.4. The van der Waals surface area contributed by atoms with Crippen molar-refractivity contribution in [3.05, 3.63) is 56.5 Å². The molecular formula is C20H24N4O6S. The first-order valence-corrected chi connectivity index (χ1v) is 11.8. The van der Waals surface area contributed by atoms with Crippen LogP contribution in [0.5, 0.6) is 0 Å². The lowest BCUT2D eigenvalue weighted by Gasteiger charge is -2.07. The van der Waals surface area contributed by atoms with Crippen LogP contribution in [-0.4, -0.2) is 39.7 Å². The normalized spacial score (nSPS) is 11.7. The van der Waals surface area contributed by atoms with Crippen molar-refractivity contribution in [1.29, 1.82) is 0 Å². The minimum atomic E-state index is -3.37. The van der Waals surface area contributed by atoms with Crippen LogP contribution in [0.25, 0.3) is 11.2 Å². The van der Waals surface area contributed by atoms with Gasteiger partial charge in [-0.1, -0.05) is 13.3 Å². The summed E-state index contributed by atoms with van der Waals surface area (Å²) in [5, 5.41) is 0. The lowest BCUT2D eigenvalue weighted by atomic mass is 10.2. The highest BCUT2D eigenvalue weighted by atomic mass is 32.2. The first kappa shape index (κ1) is 22.5. The number of nitrogens with zero attached hydrogens (tertiary/aromatic N) is 3. The molecule has 10 nitrogen and oxygen atoms in total. The van der Waals surface area contributed by atoms with Crippen molar-refractivity contribution in [1.82, 2.24) is 19.1 Å². The summed E-state index contributed by atoms with van der Waals surface area (Å²) in [7, 11) is -3.37. The number of esters is 1. The van der Waals surface area contributed by atoms with Crippen LogP contribution in [0, 0.1) is 0 Å². The zero-order valence-corrected chi connectivity index (χ0v) is 18.4. The zero-order valence-electron chi connectivity index (χ0n) is 17.5. The Morgan fingerprint density at radius 3 is 2.39 bits per heavy atom. The molecule has 0 aliphatic rings. The minimum Gasteiger partial charge on any atom is -0.454 e. The molecule has 11 heteroatoms. The molecule has 0 radical (unpaired) electrons. The Hall–Kier alpha value is -3.21. The topological polar surface area (TPSA) is 133 Å². The Kier molecular flexibility index (Phi) is 6.44. The third kappa shape index (κ3) is 4.61. The highest BCUT2D eigenvalue weighted by Crippen LogP contribution is 2.15. The number of rotatable bonds is 8. The number of carbonyl (C=O) groups excluding carboxylic acids is 1. The predicted octanol–water partition coefficient (Wildman–Crippen LogP) is 1.47. The fraction of sp³-hybridized carbons (Fsp3) is 0.400. The number of hydrogen-bond acceptors (Lipinski definition) is 7. The maximum absolute atomic E-state index is 12.4. The Morgan fingerprint density at radius 1 is 1.13 bits per heavy atom. The molecule has 3 rings (SSSR count). The van der Waals surface area contributed by atoms with Gasteiger partial charge in [0.05, 0.1) is 10.5 Å². The third-order valence-electron chi connectivity index (χ3n) is 4.87. The van der Waals surface area contributed by atoms with Crippen LogP contribution >= 0.6 is 0 Å². The first-order chi connectivity index (χ1) is 14.7. The summed E-state index contributed by atoms with van der Waals surface area (Å²) in [5.41, 5.74) is -0.379. The molecule has 31 heavy (non-hydrogen) atoms. The van der Waals surface area contributed by atoms with Gasteiger partial charge in [0.15, 0.2) is 21.0 Å². The van der Waals surface area contributed by atoms with Crippen molar-refractivity contribution in [2.24, 2.45) is 0 Å².